The fourth-order valence-corrected chi connectivity index (χ4v) is 4.16. The fraction of sp³-hybridized carbons (Fsp3) is 0.417. The van der Waals surface area contributed by atoms with Gasteiger partial charge >= 0.3 is 0 Å². The molecule has 3 aromatic rings. The first kappa shape index (κ1) is 21.8. The monoisotopic (exact) mass is 436 g/mol. The van der Waals surface area contributed by atoms with Crippen LogP contribution in [0.3, 0.4) is 0 Å². The number of fused-ring (bicyclic) bond motifs is 1. The lowest BCUT2D eigenvalue weighted by Crippen LogP contribution is -2.40. The number of benzene rings is 1. The Morgan fingerprint density at radius 1 is 1.28 bits per heavy atom. The summed E-state index contributed by atoms with van der Waals surface area (Å²) in [5.74, 6) is 0.568. The molecule has 1 saturated heterocycles. The van der Waals surface area contributed by atoms with E-state index in [-0.39, 0.29) is 17.9 Å². The number of carbonyl (C=O) groups is 2. The number of nitrogens with two attached hydrogens (primary N) is 1. The third-order valence-electron chi connectivity index (χ3n) is 5.66. The average molecular weight is 437 g/mol. The van der Waals surface area contributed by atoms with Gasteiger partial charge in [0.25, 0.3) is 11.8 Å². The number of ether oxygens (including phenoxy) is 1. The van der Waals surface area contributed by atoms with Crippen molar-refractivity contribution in [1.82, 2.24) is 15.0 Å². The Hall–Kier alpha value is -3.42. The van der Waals surface area contributed by atoms with Crippen LogP contribution in [-0.2, 0) is 11.2 Å². The first-order valence-corrected chi connectivity index (χ1v) is 11.0. The third kappa shape index (κ3) is 4.90. The number of para-hydroxylation sites is 1. The molecule has 1 aliphatic heterocycles. The second kappa shape index (κ2) is 9.38. The van der Waals surface area contributed by atoms with Crippen molar-refractivity contribution < 1.29 is 18.8 Å². The predicted octanol–water partition coefficient (Wildman–Crippen LogP) is 3.45. The maximum atomic E-state index is 12.9. The Kier molecular flexibility index (Phi) is 6.39. The minimum Gasteiger partial charge on any atom is -0.473 e. The van der Waals surface area contributed by atoms with Gasteiger partial charge in [0.1, 0.15) is 5.76 Å². The topological polar surface area (TPSA) is 112 Å². The van der Waals surface area contributed by atoms with Crippen molar-refractivity contribution in [3.8, 4) is 5.88 Å². The van der Waals surface area contributed by atoms with Crippen LogP contribution < -0.4 is 10.5 Å². The molecule has 0 radical (unpaired) electrons. The minimum atomic E-state index is -0.494. The smallest absolute Gasteiger partial charge is 0.254 e. The van der Waals surface area contributed by atoms with Crippen molar-refractivity contribution in [1.29, 1.82) is 0 Å². The summed E-state index contributed by atoms with van der Waals surface area (Å²) in [5.41, 5.74) is 7.60. The van der Waals surface area contributed by atoms with Crippen LogP contribution in [0.15, 0.2) is 40.9 Å². The Bertz CT molecular complexity index is 1120. The highest BCUT2D eigenvalue weighted by Crippen LogP contribution is 2.30. The zero-order chi connectivity index (χ0) is 22.7. The Morgan fingerprint density at radius 2 is 2.09 bits per heavy atom. The van der Waals surface area contributed by atoms with Crippen molar-refractivity contribution in [2.45, 2.75) is 51.6 Å². The lowest BCUT2D eigenvalue weighted by Gasteiger charge is -2.33. The molecule has 32 heavy (non-hydrogen) atoms. The van der Waals surface area contributed by atoms with Gasteiger partial charge in [-0.05, 0) is 44.0 Å². The Labute approximate surface area is 186 Å². The molecule has 2 aromatic heterocycles. The van der Waals surface area contributed by atoms with Gasteiger partial charge in [-0.1, -0.05) is 18.2 Å². The van der Waals surface area contributed by atoms with Gasteiger partial charge in [-0.2, -0.15) is 0 Å². The highest BCUT2D eigenvalue weighted by Gasteiger charge is 2.28. The number of aryl methyl sites for hydroxylation is 1. The van der Waals surface area contributed by atoms with Crippen LogP contribution in [0.5, 0.6) is 5.88 Å². The molecule has 1 atom stereocenters. The molecular formula is C24H28N4O4. The van der Waals surface area contributed by atoms with E-state index in [9.17, 15) is 9.59 Å². The summed E-state index contributed by atoms with van der Waals surface area (Å²) < 4.78 is 10.8. The first-order chi connectivity index (χ1) is 15.4. The number of carbonyl (C=O) groups excluding carboxylic acids is 2. The van der Waals surface area contributed by atoms with Crippen molar-refractivity contribution in [3.05, 3.63) is 53.4 Å². The number of hydrogen-bond donors (Lipinski definition) is 1. The summed E-state index contributed by atoms with van der Waals surface area (Å²) >= 11 is 0. The van der Waals surface area contributed by atoms with E-state index in [4.69, 9.17) is 20.0 Å². The lowest BCUT2D eigenvalue weighted by molar-refractivity contribution is -0.132. The summed E-state index contributed by atoms with van der Waals surface area (Å²) in [4.78, 5) is 31.6. The number of likely N-dealkylation sites (tertiary alicyclic amines) is 1. The van der Waals surface area contributed by atoms with Crippen LogP contribution in [0.4, 0.5) is 0 Å². The van der Waals surface area contributed by atoms with Gasteiger partial charge in [0, 0.05) is 43.3 Å². The summed E-state index contributed by atoms with van der Waals surface area (Å²) in [7, 11) is 0. The normalized spacial score (nSPS) is 16.5. The highest BCUT2D eigenvalue weighted by molar-refractivity contribution is 5.97. The molecule has 3 heterocycles. The number of amides is 2. The van der Waals surface area contributed by atoms with Gasteiger partial charge in [-0.15, -0.1) is 0 Å². The number of aromatic nitrogens is 2. The standard InChI is InChI=1S/C24H28N4O4/c1-15(2)31-21-13-18(32-27-21)9-10-22(29)28-11-5-7-17(14-28)23-19(24(25)30)12-16-6-3-4-8-20(16)26-23/h3-4,6,8,12-13,15,17H,5,7,9-11,14H2,1-2H3,(H2,25,30)/t17-/m1/s1. The van der Waals surface area contributed by atoms with Crippen LogP contribution in [0, 0.1) is 0 Å². The van der Waals surface area contributed by atoms with Gasteiger partial charge < -0.3 is 19.9 Å². The second-order valence-electron chi connectivity index (χ2n) is 8.46. The number of nitrogens with zero attached hydrogens (tertiary/aromatic N) is 3. The zero-order valence-electron chi connectivity index (χ0n) is 18.4. The molecule has 0 aliphatic carbocycles. The number of piperidine rings is 1. The molecule has 2 amide bonds. The number of hydrogen-bond acceptors (Lipinski definition) is 6. The number of primary amides is 1. The predicted molar refractivity (Wildman–Crippen MR) is 119 cm³/mol. The first-order valence-electron chi connectivity index (χ1n) is 11.0. The molecule has 0 saturated carbocycles. The summed E-state index contributed by atoms with van der Waals surface area (Å²) in [5, 5.41) is 4.75. The van der Waals surface area contributed by atoms with Crippen LogP contribution in [0.25, 0.3) is 10.9 Å². The molecule has 1 fully saturated rings. The van der Waals surface area contributed by atoms with Gasteiger partial charge in [0.15, 0.2) is 0 Å². The van der Waals surface area contributed by atoms with E-state index in [1.807, 2.05) is 49.1 Å². The van der Waals surface area contributed by atoms with E-state index in [1.165, 1.54) is 0 Å². The third-order valence-corrected chi connectivity index (χ3v) is 5.66. The highest BCUT2D eigenvalue weighted by atomic mass is 16.5. The van der Waals surface area contributed by atoms with Gasteiger partial charge in [-0.25, -0.2) is 0 Å². The lowest BCUT2D eigenvalue weighted by atomic mass is 9.90. The van der Waals surface area contributed by atoms with Crippen LogP contribution in [0.2, 0.25) is 0 Å². The summed E-state index contributed by atoms with van der Waals surface area (Å²) in [6, 6.07) is 11.2. The van der Waals surface area contributed by atoms with Crippen molar-refractivity contribution in [3.63, 3.8) is 0 Å². The number of pyridine rings is 1. The maximum Gasteiger partial charge on any atom is 0.254 e. The fourth-order valence-electron chi connectivity index (χ4n) is 4.16. The molecule has 1 aliphatic rings. The van der Waals surface area contributed by atoms with Crippen LogP contribution in [-0.4, -0.2) is 46.0 Å². The molecule has 0 spiro atoms. The molecule has 1 aromatic carbocycles. The molecule has 4 rings (SSSR count). The molecule has 0 bridgehead atoms. The molecule has 2 N–H and O–H groups in total. The molecule has 8 heteroatoms. The van der Waals surface area contributed by atoms with Crippen molar-refractivity contribution in [2.75, 3.05) is 13.1 Å². The minimum absolute atomic E-state index is 0.00822. The summed E-state index contributed by atoms with van der Waals surface area (Å²) in [6.45, 7) is 5.03. The van der Waals surface area contributed by atoms with E-state index < -0.39 is 5.91 Å². The zero-order valence-corrected chi connectivity index (χ0v) is 18.4. The number of rotatable bonds is 7. The van der Waals surface area contributed by atoms with Gasteiger partial charge in [0.05, 0.1) is 22.9 Å². The molecular weight excluding hydrogens is 408 g/mol. The Balaban J connectivity index is 1.45. The van der Waals surface area contributed by atoms with E-state index in [2.05, 4.69) is 5.16 Å². The average Bonchev–Trinajstić information content (AvgIpc) is 3.23. The van der Waals surface area contributed by atoms with Gasteiger partial charge in [-0.3, -0.25) is 14.6 Å². The van der Waals surface area contributed by atoms with E-state index in [0.717, 1.165) is 23.7 Å². The molecule has 0 unspecified atom stereocenters. The van der Waals surface area contributed by atoms with Gasteiger partial charge in [0.2, 0.25) is 5.91 Å². The molecule has 8 nitrogen and oxygen atoms in total. The van der Waals surface area contributed by atoms with E-state index in [1.54, 1.807) is 6.07 Å². The quantitative estimate of drug-likeness (QED) is 0.607. The second-order valence-corrected chi connectivity index (χ2v) is 8.46. The maximum absolute atomic E-state index is 12.9. The van der Waals surface area contributed by atoms with E-state index >= 15 is 0 Å². The van der Waals surface area contributed by atoms with E-state index in [0.29, 0.717) is 48.8 Å². The summed E-state index contributed by atoms with van der Waals surface area (Å²) in [6.07, 6.45) is 2.48. The largest absolute Gasteiger partial charge is 0.473 e. The Morgan fingerprint density at radius 3 is 2.88 bits per heavy atom. The van der Waals surface area contributed by atoms with Crippen molar-refractivity contribution in [2.24, 2.45) is 5.73 Å². The molecule has 168 valence electrons. The SMILES string of the molecule is CC(C)Oc1cc(CCC(=O)N2CCC[C@@H](c3nc4ccccc4cc3C(N)=O)C2)on1. The van der Waals surface area contributed by atoms with Crippen molar-refractivity contribution >= 4 is 22.7 Å². The van der Waals surface area contributed by atoms with Crippen LogP contribution >= 0.6 is 0 Å². The van der Waals surface area contributed by atoms with Crippen LogP contribution in [0.1, 0.15) is 60.8 Å².